The molecule has 2 heterocycles. The van der Waals surface area contributed by atoms with Crippen molar-refractivity contribution in [2.45, 2.75) is 173 Å². The van der Waals surface area contributed by atoms with E-state index in [1.54, 1.807) is 0 Å². The quantitative estimate of drug-likeness (QED) is 0.130. The van der Waals surface area contributed by atoms with Crippen molar-refractivity contribution in [3.05, 3.63) is 0 Å². The molecular formula is C40H68O14. The summed E-state index contributed by atoms with van der Waals surface area (Å²) >= 11 is 0. The normalized spacial score (nSPS) is 50.5. The fraction of sp³-hybridized carbons (Fsp3) is 0.975. The standard InChI is InChI=1S/C40H68O14/c1-17(2)18(3)29(44)30(45)19(4)22-7-8-23-21-14-26(43)25-13-20(9-11-40(25,6)24(21)10-12-39(22,23)5)51-37-35(50)33(48)36(28(16-42)53-37)54-38-34(49)32(47)31(46)27(15-41)52-38/h17-25,27-38,41-42,44-50H,7-16H2,1-6H3/t18-,19+,20+,21+,22-,23+,24+,25-,27-,28-,29-,30-,31-,32+,33-,34-,35-,36+,37-,38+,39-,40-/m1/s1. The van der Waals surface area contributed by atoms with Gasteiger partial charge in [-0.2, -0.15) is 0 Å². The first-order chi connectivity index (χ1) is 25.4. The van der Waals surface area contributed by atoms with Crippen LogP contribution in [0.2, 0.25) is 0 Å². The highest BCUT2D eigenvalue weighted by molar-refractivity contribution is 5.83. The van der Waals surface area contributed by atoms with Gasteiger partial charge in [0.1, 0.15) is 54.6 Å². The number of ketones is 1. The maximum absolute atomic E-state index is 14.2. The van der Waals surface area contributed by atoms with Gasteiger partial charge in [-0.15, -0.1) is 0 Å². The maximum Gasteiger partial charge on any atom is 0.187 e. The zero-order valence-corrected chi connectivity index (χ0v) is 32.8. The Hall–Kier alpha value is -0.850. The molecule has 0 unspecified atom stereocenters. The molecule has 0 spiro atoms. The van der Waals surface area contributed by atoms with Crippen molar-refractivity contribution in [2.24, 2.45) is 58.2 Å². The van der Waals surface area contributed by atoms with E-state index in [-0.39, 0.29) is 52.1 Å². The van der Waals surface area contributed by atoms with Gasteiger partial charge >= 0.3 is 0 Å². The van der Waals surface area contributed by atoms with Gasteiger partial charge in [-0.05, 0) is 97.2 Å². The molecule has 4 aliphatic carbocycles. The van der Waals surface area contributed by atoms with Gasteiger partial charge in [0, 0.05) is 12.3 Å². The summed E-state index contributed by atoms with van der Waals surface area (Å²) in [5, 5.41) is 95.1. The lowest BCUT2D eigenvalue weighted by Crippen LogP contribution is -2.65. The van der Waals surface area contributed by atoms with Crippen LogP contribution in [0.4, 0.5) is 0 Å². The number of rotatable bonds is 11. The summed E-state index contributed by atoms with van der Waals surface area (Å²) < 4.78 is 23.3. The van der Waals surface area contributed by atoms with E-state index in [1.165, 1.54) is 0 Å². The molecule has 0 radical (unpaired) electrons. The summed E-state index contributed by atoms with van der Waals surface area (Å²) in [4.78, 5) is 14.2. The molecule has 0 aromatic heterocycles. The van der Waals surface area contributed by atoms with Crippen LogP contribution in [-0.2, 0) is 23.7 Å². The number of ether oxygens (including phenoxy) is 4. The van der Waals surface area contributed by atoms with Crippen molar-refractivity contribution in [2.75, 3.05) is 13.2 Å². The molecule has 54 heavy (non-hydrogen) atoms. The van der Waals surface area contributed by atoms with Crippen LogP contribution in [0.5, 0.6) is 0 Å². The van der Waals surface area contributed by atoms with Crippen molar-refractivity contribution in [3.63, 3.8) is 0 Å². The molecule has 2 aliphatic heterocycles. The van der Waals surface area contributed by atoms with Crippen molar-refractivity contribution < 1.29 is 69.7 Å². The minimum Gasteiger partial charge on any atom is -0.394 e. The van der Waals surface area contributed by atoms with E-state index in [0.717, 1.165) is 32.1 Å². The maximum atomic E-state index is 14.2. The van der Waals surface area contributed by atoms with Gasteiger partial charge in [0.25, 0.3) is 0 Å². The highest BCUT2D eigenvalue weighted by Gasteiger charge is 2.63. The van der Waals surface area contributed by atoms with Crippen LogP contribution in [0.25, 0.3) is 0 Å². The minimum absolute atomic E-state index is 0.0137. The largest absolute Gasteiger partial charge is 0.394 e. The van der Waals surface area contributed by atoms with Crippen LogP contribution in [-0.4, -0.2) is 145 Å². The number of carbonyl (C=O) groups excluding carboxylic acids is 1. The Labute approximate surface area is 319 Å². The lowest BCUT2D eigenvalue weighted by Gasteiger charge is -2.60. The summed E-state index contributed by atoms with van der Waals surface area (Å²) in [6.45, 7) is 11.5. The summed E-state index contributed by atoms with van der Waals surface area (Å²) in [6, 6.07) is 0. The molecule has 6 fully saturated rings. The van der Waals surface area contributed by atoms with Gasteiger partial charge in [-0.1, -0.05) is 41.5 Å². The highest BCUT2D eigenvalue weighted by atomic mass is 16.7. The van der Waals surface area contributed by atoms with Crippen molar-refractivity contribution in [1.82, 2.24) is 0 Å². The molecule has 22 atom stereocenters. The van der Waals surface area contributed by atoms with Crippen molar-refractivity contribution in [1.29, 1.82) is 0 Å². The number of aliphatic hydroxyl groups is 9. The lowest BCUT2D eigenvalue weighted by atomic mass is 9.44. The SMILES string of the molecule is CC(C)[C@@H](C)[C@@H](O)[C@H](O)[C@@H](C)[C@H]1CC[C@H]2[C@@H]3CC(=O)[C@H]4C[C@@H](O[C@@H]5O[C@H](CO)[C@H](O[C@@H]6O[C@H](CO)[C@@H](O)[C@H](O)[C@H]6O)[C@H](O)[C@H]5O)CC[C@]4(C)[C@H]3CC[C@]12C. The van der Waals surface area contributed by atoms with Crippen LogP contribution in [0.15, 0.2) is 0 Å². The molecule has 14 nitrogen and oxygen atoms in total. The second-order valence-electron chi connectivity index (χ2n) is 18.8. The third-order valence-corrected chi connectivity index (χ3v) is 15.9. The smallest absolute Gasteiger partial charge is 0.187 e. The Balaban J connectivity index is 1.09. The average molecular weight is 773 g/mol. The predicted octanol–water partition coefficient (Wildman–Crippen LogP) is 0.484. The molecule has 14 heteroatoms. The molecule has 9 N–H and O–H groups in total. The van der Waals surface area contributed by atoms with E-state index in [2.05, 4.69) is 34.6 Å². The Morgan fingerprint density at radius 3 is 1.96 bits per heavy atom. The zero-order chi connectivity index (χ0) is 39.6. The minimum atomic E-state index is -1.76. The summed E-state index contributed by atoms with van der Waals surface area (Å²) in [5.41, 5.74) is -0.244. The number of carbonyl (C=O) groups is 1. The van der Waals surface area contributed by atoms with Gasteiger partial charge in [-0.3, -0.25) is 4.79 Å². The molecule has 0 aromatic carbocycles. The first-order valence-electron chi connectivity index (χ1n) is 20.5. The molecule has 4 saturated carbocycles. The first kappa shape index (κ1) is 42.7. The molecule has 0 amide bonds. The predicted molar refractivity (Wildman–Crippen MR) is 192 cm³/mol. The van der Waals surface area contributed by atoms with Gasteiger partial charge < -0.3 is 64.9 Å². The summed E-state index contributed by atoms with van der Waals surface area (Å²) in [7, 11) is 0. The van der Waals surface area contributed by atoms with Crippen molar-refractivity contribution >= 4 is 5.78 Å². The molecule has 2 saturated heterocycles. The number of aliphatic hydroxyl groups excluding tert-OH is 9. The number of hydrogen-bond acceptors (Lipinski definition) is 14. The first-order valence-corrected chi connectivity index (χ1v) is 20.5. The second kappa shape index (κ2) is 16.4. The Bertz CT molecular complexity index is 1280. The van der Waals surface area contributed by atoms with Gasteiger partial charge in [0.05, 0.1) is 31.5 Å². The average Bonchev–Trinajstić information content (AvgIpc) is 3.51. The topological polar surface area (TPSA) is 236 Å². The highest BCUT2D eigenvalue weighted by Crippen LogP contribution is 2.68. The second-order valence-corrected chi connectivity index (χ2v) is 18.8. The van der Waals surface area contributed by atoms with Crippen molar-refractivity contribution in [3.8, 4) is 0 Å². The number of Topliss-reactive ketones (excluding diaryl/α,β-unsaturated/α-hetero) is 1. The van der Waals surface area contributed by atoms with Crippen LogP contribution < -0.4 is 0 Å². The van der Waals surface area contributed by atoms with Crippen LogP contribution >= 0.6 is 0 Å². The summed E-state index contributed by atoms with van der Waals surface area (Å²) in [5.74, 6) is 1.42. The summed E-state index contributed by atoms with van der Waals surface area (Å²) in [6.07, 6.45) is -11.0. The van der Waals surface area contributed by atoms with Gasteiger partial charge in [-0.25, -0.2) is 0 Å². The van der Waals surface area contributed by atoms with E-state index >= 15 is 0 Å². The van der Waals surface area contributed by atoms with E-state index in [4.69, 9.17) is 18.9 Å². The van der Waals surface area contributed by atoms with E-state index in [1.807, 2.05) is 6.92 Å². The van der Waals surface area contributed by atoms with E-state index in [9.17, 15) is 50.8 Å². The fourth-order valence-electron chi connectivity index (χ4n) is 12.1. The Morgan fingerprint density at radius 1 is 0.722 bits per heavy atom. The van der Waals surface area contributed by atoms with E-state index < -0.39 is 92.9 Å². The lowest BCUT2D eigenvalue weighted by molar-refractivity contribution is -0.364. The van der Waals surface area contributed by atoms with Gasteiger partial charge in [0.15, 0.2) is 12.6 Å². The third-order valence-electron chi connectivity index (χ3n) is 15.9. The van der Waals surface area contributed by atoms with Crippen LogP contribution in [0, 0.1) is 58.2 Å². The molecular weight excluding hydrogens is 704 g/mol. The fourth-order valence-corrected chi connectivity index (χ4v) is 12.1. The Morgan fingerprint density at radius 2 is 1.31 bits per heavy atom. The van der Waals surface area contributed by atoms with E-state index in [0.29, 0.717) is 31.1 Å². The molecule has 6 aliphatic rings. The molecule has 6 rings (SSSR count). The Kier molecular flexibility index (Phi) is 13.0. The van der Waals surface area contributed by atoms with Gasteiger partial charge in [0.2, 0.25) is 0 Å². The van der Waals surface area contributed by atoms with Crippen LogP contribution in [0.3, 0.4) is 0 Å². The van der Waals surface area contributed by atoms with Crippen LogP contribution in [0.1, 0.15) is 92.9 Å². The molecule has 0 aromatic rings. The third kappa shape index (κ3) is 7.37. The number of hydrogen-bond donors (Lipinski definition) is 9. The number of fused-ring (bicyclic) bond motifs is 5. The molecule has 0 bridgehead atoms. The zero-order valence-electron chi connectivity index (χ0n) is 32.8. The molecule has 312 valence electrons. The monoisotopic (exact) mass is 772 g/mol.